The molecule has 0 atom stereocenters. The van der Waals surface area contributed by atoms with E-state index in [1.807, 2.05) is 0 Å². The highest BCUT2D eigenvalue weighted by Crippen LogP contribution is 2.57. The molecular formula is C11H20. The van der Waals surface area contributed by atoms with Crippen molar-refractivity contribution in [3.05, 3.63) is 0 Å². The Morgan fingerprint density at radius 1 is 1.09 bits per heavy atom. The van der Waals surface area contributed by atoms with Crippen LogP contribution in [0.25, 0.3) is 0 Å². The van der Waals surface area contributed by atoms with Gasteiger partial charge in [0.2, 0.25) is 0 Å². The SMILES string of the molecule is CC(C)C1CC2(CCCC2)C1. The number of hydrogen-bond acceptors (Lipinski definition) is 0. The van der Waals surface area contributed by atoms with E-state index in [1.165, 1.54) is 12.8 Å². The van der Waals surface area contributed by atoms with Crippen LogP contribution in [0, 0.1) is 17.3 Å². The fourth-order valence-electron chi connectivity index (χ4n) is 3.06. The fraction of sp³-hybridized carbons (Fsp3) is 1.00. The minimum absolute atomic E-state index is 0.870. The molecule has 0 aromatic rings. The van der Waals surface area contributed by atoms with Crippen molar-refractivity contribution in [1.82, 2.24) is 0 Å². The Kier molecular flexibility index (Phi) is 1.74. The van der Waals surface area contributed by atoms with E-state index < -0.39 is 0 Å². The summed E-state index contributed by atoms with van der Waals surface area (Å²) in [7, 11) is 0. The van der Waals surface area contributed by atoms with Gasteiger partial charge in [-0.3, -0.25) is 0 Å². The summed E-state index contributed by atoms with van der Waals surface area (Å²) in [6, 6.07) is 0. The van der Waals surface area contributed by atoms with Crippen LogP contribution in [-0.2, 0) is 0 Å². The lowest BCUT2D eigenvalue weighted by molar-refractivity contribution is 0.0322. The predicted molar refractivity (Wildman–Crippen MR) is 48.5 cm³/mol. The zero-order valence-corrected chi connectivity index (χ0v) is 7.90. The van der Waals surface area contributed by atoms with Gasteiger partial charge in [-0.2, -0.15) is 0 Å². The Morgan fingerprint density at radius 2 is 1.64 bits per heavy atom. The Labute approximate surface area is 70.4 Å². The van der Waals surface area contributed by atoms with E-state index in [9.17, 15) is 0 Å². The Balaban J connectivity index is 1.86. The van der Waals surface area contributed by atoms with Crippen LogP contribution in [0.3, 0.4) is 0 Å². The van der Waals surface area contributed by atoms with E-state index in [1.54, 1.807) is 25.7 Å². The molecule has 0 heteroatoms. The normalized spacial score (nSPS) is 29.7. The minimum Gasteiger partial charge on any atom is -0.0625 e. The first kappa shape index (κ1) is 7.64. The first-order chi connectivity index (χ1) is 5.22. The third-order valence-corrected chi connectivity index (χ3v) is 4.00. The van der Waals surface area contributed by atoms with E-state index in [4.69, 9.17) is 0 Å². The second kappa shape index (κ2) is 2.50. The molecule has 0 N–H and O–H groups in total. The molecule has 0 aliphatic heterocycles. The van der Waals surface area contributed by atoms with Crippen molar-refractivity contribution in [1.29, 1.82) is 0 Å². The van der Waals surface area contributed by atoms with Crippen LogP contribution in [-0.4, -0.2) is 0 Å². The van der Waals surface area contributed by atoms with E-state index in [-0.39, 0.29) is 0 Å². The van der Waals surface area contributed by atoms with Crippen LogP contribution in [0.4, 0.5) is 0 Å². The molecule has 0 bridgehead atoms. The standard InChI is InChI=1S/C11H20/c1-9(2)10-7-11(8-10)5-3-4-6-11/h9-10H,3-8H2,1-2H3. The summed E-state index contributed by atoms with van der Waals surface area (Å²) in [5, 5.41) is 0. The molecule has 2 aliphatic carbocycles. The number of hydrogen-bond donors (Lipinski definition) is 0. The third kappa shape index (κ3) is 1.21. The smallest absolute Gasteiger partial charge is 0.0292 e. The molecule has 2 fully saturated rings. The van der Waals surface area contributed by atoms with Crippen molar-refractivity contribution in [3.8, 4) is 0 Å². The van der Waals surface area contributed by atoms with E-state index in [2.05, 4.69) is 13.8 Å². The molecule has 1 spiro atoms. The third-order valence-electron chi connectivity index (χ3n) is 4.00. The summed E-state index contributed by atoms with van der Waals surface area (Å²) in [6.07, 6.45) is 9.26. The molecule has 0 radical (unpaired) electrons. The van der Waals surface area contributed by atoms with Gasteiger partial charge < -0.3 is 0 Å². The predicted octanol–water partition coefficient (Wildman–Crippen LogP) is 3.61. The van der Waals surface area contributed by atoms with E-state index >= 15 is 0 Å². The first-order valence-corrected chi connectivity index (χ1v) is 5.22. The molecule has 0 aromatic carbocycles. The second-order valence-electron chi connectivity index (χ2n) is 5.12. The maximum atomic E-state index is 2.38. The molecular weight excluding hydrogens is 132 g/mol. The van der Waals surface area contributed by atoms with Gasteiger partial charge in [-0.1, -0.05) is 26.7 Å². The highest BCUT2D eigenvalue weighted by Gasteiger charge is 2.46. The zero-order valence-electron chi connectivity index (χ0n) is 7.90. The van der Waals surface area contributed by atoms with Gasteiger partial charge in [-0.05, 0) is 42.9 Å². The first-order valence-electron chi connectivity index (χ1n) is 5.22. The van der Waals surface area contributed by atoms with Crippen LogP contribution in [0.15, 0.2) is 0 Å². The van der Waals surface area contributed by atoms with Gasteiger partial charge in [0.1, 0.15) is 0 Å². The summed E-state index contributed by atoms with van der Waals surface area (Å²) in [6.45, 7) is 4.76. The average Bonchev–Trinajstić information content (AvgIpc) is 2.29. The van der Waals surface area contributed by atoms with Crippen LogP contribution < -0.4 is 0 Å². The quantitative estimate of drug-likeness (QED) is 0.538. The van der Waals surface area contributed by atoms with Gasteiger partial charge in [0.25, 0.3) is 0 Å². The van der Waals surface area contributed by atoms with Crippen molar-refractivity contribution in [3.63, 3.8) is 0 Å². The molecule has 2 rings (SSSR count). The van der Waals surface area contributed by atoms with Crippen molar-refractivity contribution in [2.24, 2.45) is 17.3 Å². The van der Waals surface area contributed by atoms with Gasteiger partial charge in [-0.25, -0.2) is 0 Å². The van der Waals surface area contributed by atoms with Crippen molar-refractivity contribution in [2.45, 2.75) is 52.4 Å². The zero-order chi connectivity index (χ0) is 7.90. The van der Waals surface area contributed by atoms with Gasteiger partial charge in [0.05, 0.1) is 0 Å². The highest BCUT2D eigenvalue weighted by molar-refractivity contribution is 4.97. The lowest BCUT2D eigenvalue weighted by atomic mass is 9.58. The fourth-order valence-corrected chi connectivity index (χ4v) is 3.06. The van der Waals surface area contributed by atoms with E-state index in [0.717, 1.165) is 17.3 Å². The summed E-state index contributed by atoms with van der Waals surface area (Å²) in [4.78, 5) is 0. The molecule has 0 saturated heterocycles. The molecule has 0 amide bonds. The van der Waals surface area contributed by atoms with Crippen molar-refractivity contribution in [2.75, 3.05) is 0 Å². The summed E-state index contributed by atoms with van der Waals surface area (Å²) in [5.41, 5.74) is 0.870. The highest BCUT2D eigenvalue weighted by atomic mass is 14.5. The molecule has 2 aliphatic rings. The van der Waals surface area contributed by atoms with Crippen LogP contribution in [0.5, 0.6) is 0 Å². The summed E-state index contributed by atoms with van der Waals surface area (Å²) in [5.74, 6) is 2.02. The molecule has 0 nitrogen and oxygen atoms in total. The van der Waals surface area contributed by atoms with Crippen LogP contribution in [0.1, 0.15) is 52.4 Å². The van der Waals surface area contributed by atoms with Crippen molar-refractivity contribution < 1.29 is 0 Å². The Bertz CT molecular complexity index is 132. The lowest BCUT2D eigenvalue weighted by Crippen LogP contribution is -2.37. The van der Waals surface area contributed by atoms with Gasteiger partial charge in [0.15, 0.2) is 0 Å². The largest absolute Gasteiger partial charge is 0.0625 e. The molecule has 2 saturated carbocycles. The van der Waals surface area contributed by atoms with Gasteiger partial charge >= 0.3 is 0 Å². The average molecular weight is 152 g/mol. The molecule has 0 heterocycles. The van der Waals surface area contributed by atoms with Crippen molar-refractivity contribution >= 4 is 0 Å². The molecule has 0 aromatic heterocycles. The minimum atomic E-state index is 0.870. The van der Waals surface area contributed by atoms with Crippen LogP contribution in [0.2, 0.25) is 0 Å². The molecule has 11 heavy (non-hydrogen) atoms. The molecule has 64 valence electrons. The van der Waals surface area contributed by atoms with E-state index in [0.29, 0.717) is 0 Å². The maximum absolute atomic E-state index is 2.38. The summed E-state index contributed by atoms with van der Waals surface area (Å²) >= 11 is 0. The topological polar surface area (TPSA) is 0 Å². The summed E-state index contributed by atoms with van der Waals surface area (Å²) < 4.78 is 0. The lowest BCUT2D eigenvalue weighted by Gasteiger charge is -2.47. The molecule has 0 unspecified atom stereocenters. The Morgan fingerprint density at radius 3 is 2.09 bits per heavy atom. The second-order valence-corrected chi connectivity index (χ2v) is 5.12. The maximum Gasteiger partial charge on any atom is -0.0292 e. The Hall–Kier alpha value is 0. The number of rotatable bonds is 1. The van der Waals surface area contributed by atoms with Gasteiger partial charge in [0, 0.05) is 0 Å². The van der Waals surface area contributed by atoms with Gasteiger partial charge in [-0.15, -0.1) is 0 Å². The monoisotopic (exact) mass is 152 g/mol. The van der Waals surface area contributed by atoms with Crippen LogP contribution >= 0.6 is 0 Å².